The molecule has 0 saturated carbocycles. The minimum Gasteiger partial charge on any atom is -0.339 e. The summed E-state index contributed by atoms with van der Waals surface area (Å²) in [5, 5.41) is 6.64. The lowest BCUT2D eigenvalue weighted by molar-refractivity contribution is -0.116. The van der Waals surface area contributed by atoms with Crippen molar-refractivity contribution >= 4 is 11.6 Å². The first-order chi connectivity index (χ1) is 11.6. The van der Waals surface area contributed by atoms with Gasteiger partial charge in [0, 0.05) is 24.1 Å². The molecule has 3 aromatic rings. The van der Waals surface area contributed by atoms with E-state index in [9.17, 15) is 9.18 Å². The predicted molar refractivity (Wildman–Crippen MR) is 87.8 cm³/mol. The van der Waals surface area contributed by atoms with Crippen molar-refractivity contribution < 1.29 is 13.7 Å². The van der Waals surface area contributed by atoms with Gasteiger partial charge in [0.15, 0.2) is 0 Å². The summed E-state index contributed by atoms with van der Waals surface area (Å²) in [5.74, 6) is 0.153. The fourth-order valence-corrected chi connectivity index (χ4v) is 2.27. The zero-order valence-electron chi connectivity index (χ0n) is 13.1. The number of amides is 1. The third-order valence-electron chi connectivity index (χ3n) is 3.42. The average Bonchev–Trinajstić information content (AvgIpc) is 3.02. The van der Waals surface area contributed by atoms with E-state index in [0.717, 1.165) is 11.3 Å². The van der Waals surface area contributed by atoms with E-state index in [-0.39, 0.29) is 18.1 Å². The van der Waals surface area contributed by atoms with E-state index < -0.39 is 0 Å². The quantitative estimate of drug-likeness (QED) is 0.775. The van der Waals surface area contributed by atoms with E-state index in [1.54, 1.807) is 12.1 Å². The van der Waals surface area contributed by atoms with Crippen molar-refractivity contribution in [1.82, 2.24) is 10.1 Å². The van der Waals surface area contributed by atoms with Crippen LogP contribution in [0.1, 0.15) is 17.9 Å². The van der Waals surface area contributed by atoms with Crippen LogP contribution in [0.25, 0.3) is 11.4 Å². The van der Waals surface area contributed by atoms with Gasteiger partial charge in [0.2, 0.25) is 17.6 Å². The Hall–Kier alpha value is -3.02. The first kappa shape index (κ1) is 15.9. The number of anilines is 1. The molecule has 122 valence electrons. The molecule has 0 aliphatic carbocycles. The molecule has 0 atom stereocenters. The van der Waals surface area contributed by atoms with E-state index in [1.807, 2.05) is 31.2 Å². The summed E-state index contributed by atoms with van der Waals surface area (Å²) in [4.78, 5) is 16.2. The molecule has 2 aromatic carbocycles. The molecule has 0 bridgehead atoms. The first-order valence-electron chi connectivity index (χ1n) is 7.55. The summed E-state index contributed by atoms with van der Waals surface area (Å²) in [6.07, 6.45) is 0.540. The SMILES string of the molecule is Cc1cccc(NC(=O)CCc2nc(-c3cccc(F)c3)no2)c1. The summed E-state index contributed by atoms with van der Waals surface area (Å²) in [5.41, 5.74) is 2.37. The van der Waals surface area contributed by atoms with Crippen LogP contribution >= 0.6 is 0 Å². The number of carbonyl (C=O) groups excluding carboxylic acids is 1. The highest BCUT2D eigenvalue weighted by molar-refractivity contribution is 5.90. The molecule has 1 heterocycles. The Bertz CT molecular complexity index is 861. The fraction of sp³-hybridized carbons (Fsp3) is 0.167. The molecule has 0 aliphatic rings. The van der Waals surface area contributed by atoms with Crippen LogP contribution in [-0.4, -0.2) is 16.0 Å². The predicted octanol–water partition coefficient (Wildman–Crippen LogP) is 3.76. The lowest BCUT2D eigenvalue weighted by Gasteiger charge is -2.04. The number of aromatic nitrogens is 2. The number of rotatable bonds is 5. The second-order valence-electron chi connectivity index (χ2n) is 5.44. The topological polar surface area (TPSA) is 68.0 Å². The Balaban J connectivity index is 1.58. The molecule has 24 heavy (non-hydrogen) atoms. The van der Waals surface area contributed by atoms with Crippen LogP contribution in [0.4, 0.5) is 10.1 Å². The molecule has 1 aromatic heterocycles. The number of aryl methyl sites for hydroxylation is 2. The van der Waals surface area contributed by atoms with Crippen LogP contribution in [0.15, 0.2) is 53.1 Å². The number of hydrogen-bond donors (Lipinski definition) is 1. The van der Waals surface area contributed by atoms with Gasteiger partial charge in [-0.25, -0.2) is 4.39 Å². The first-order valence-corrected chi connectivity index (χ1v) is 7.55. The molecule has 5 nitrogen and oxygen atoms in total. The van der Waals surface area contributed by atoms with Crippen molar-refractivity contribution in [1.29, 1.82) is 0 Å². The van der Waals surface area contributed by atoms with Gasteiger partial charge in [0.05, 0.1) is 0 Å². The van der Waals surface area contributed by atoms with Gasteiger partial charge in [0.25, 0.3) is 0 Å². The molecule has 0 saturated heterocycles. The Kier molecular flexibility index (Phi) is 4.65. The minimum atomic E-state index is -0.364. The summed E-state index contributed by atoms with van der Waals surface area (Å²) in [6, 6.07) is 13.5. The number of nitrogens with zero attached hydrogens (tertiary/aromatic N) is 2. The minimum absolute atomic E-state index is 0.133. The number of nitrogens with one attached hydrogen (secondary N) is 1. The fourth-order valence-electron chi connectivity index (χ4n) is 2.27. The van der Waals surface area contributed by atoms with Crippen molar-refractivity contribution in [2.24, 2.45) is 0 Å². The summed E-state index contributed by atoms with van der Waals surface area (Å²) in [6.45, 7) is 1.96. The molecule has 1 N–H and O–H groups in total. The van der Waals surface area contributed by atoms with Gasteiger partial charge in [-0.1, -0.05) is 29.4 Å². The second-order valence-corrected chi connectivity index (χ2v) is 5.44. The van der Waals surface area contributed by atoms with Crippen LogP contribution in [0.5, 0.6) is 0 Å². The van der Waals surface area contributed by atoms with Gasteiger partial charge in [-0.05, 0) is 36.8 Å². The Morgan fingerprint density at radius 2 is 2.04 bits per heavy atom. The molecular formula is C18H16FN3O2. The van der Waals surface area contributed by atoms with Gasteiger partial charge in [-0.2, -0.15) is 4.98 Å². The highest BCUT2D eigenvalue weighted by Gasteiger charge is 2.11. The van der Waals surface area contributed by atoms with Gasteiger partial charge in [-0.15, -0.1) is 0 Å². The lowest BCUT2D eigenvalue weighted by atomic mass is 10.2. The standard InChI is InChI=1S/C18H16FN3O2/c1-12-4-2-7-15(10-12)20-16(23)8-9-17-21-18(22-24-17)13-5-3-6-14(19)11-13/h2-7,10-11H,8-9H2,1H3,(H,20,23). The summed E-state index contributed by atoms with van der Waals surface area (Å²) in [7, 11) is 0. The Morgan fingerprint density at radius 3 is 2.83 bits per heavy atom. The lowest BCUT2D eigenvalue weighted by Crippen LogP contribution is -2.12. The van der Waals surface area contributed by atoms with Crippen LogP contribution in [0.2, 0.25) is 0 Å². The highest BCUT2D eigenvalue weighted by atomic mass is 19.1. The molecule has 3 rings (SSSR count). The molecule has 6 heteroatoms. The molecule has 1 amide bonds. The van der Waals surface area contributed by atoms with Crippen molar-refractivity contribution in [3.63, 3.8) is 0 Å². The summed E-state index contributed by atoms with van der Waals surface area (Å²) < 4.78 is 18.3. The van der Waals surface area contributed by atoms with E-state index in [1.165, 1.54) is 12.1 Å². The third kappa shape index (κ3) is 4.04. The van der Waals surface area contributed by atoms with E-state index >= 15 is 0 Å². The van der Waals surface area contributed by atoms with E-state index in [0.29, 0.717) is 23.7 Å². The maximum absolute atomic E-state index is 13.2. The third-order valence-corrected chi connectivity index (χ3v) is 3.42. The molecule has 0 radical (unpaired) electrons. The maximum atomic E-state index is 13.2. The van der Waals surface area contributed by atoms with Crippen LogP contribution in [-0.2, 0) is 11.2 Å². The van der Waals surface area contributed by atoms with Crippen LogP contribution in [0.3, 0.4) is 0 Å². The van der Waals surface area contributed by atoms with Gasteiger partial charge >= 0.3 is 0 Å². The number of benzene rings is 2. The smallest absolute Gasteiger partial charge is 0.227 e. The van der Waals surface area contributed by atoms with Gasteiger partial charge in [0.1, 0.15) is 5.82 Å². The Morgan fingerprint density at radius 1 is 1.21 bits per heavy atom. The number of carbonyl (C=O) groups is 1. The normalized spacial score (nSPS) is 10.6. The zero-order valence-corrected chi connectivity index (χ0v) is 13.1. The Labute approximate surface area is 138 Å². The second kappa shape index (κ2) is 7.04. The molecule has 0 spiro atoms. The van der Waals surface area contributed by atoms with Crippen molar-refractivity contribution in [3.8, 4) is 11.4 Å². The van der Waals surface area contributed by atoms with Crippen molar-refractivity contribution in [3.05, 3.63) is 65.8 Å². The van der Waals surface area contributed by atoms with E-state index in [2.05, 4.69) is 15.5 Å². The average molecular weight is 325 g/mol. The van der Waals surface area contributed by atoms with Crippen molar-refractivity contribution in [2.75, 3.05) is 5.32 Å². The van der Waals surface area contributed by atoms with E-state index in [4.69, 9.17) is 4.52 Å². The number of halogens is 1. The maximum Gasteiger partial charge on any atom is 0.227 e. The van der Waals surface area contributed by atoms with Crippen molar-refractivity contribution in [2.45, 2.75) is 19.8 Å². The molecule has 0 aliphatic heterocycles. The molecule has 0 unspecified atom stereocenters. The zero-order chi connectivity index (χ0) is 16.9. The molecular weight excluding hydrogens is 309 g/mol. The van der Waals surface area contributed by atoms with Crippen LogP contribution in [0, 0.1) is 12.7 Å². The molecule has 0 fully saturated rings. The highest BCUT2D eigenvalue weighted by Crippen LogP contribution is 2.17. The number of hydrogen-bond acceptors (Lipinski definition) is 4. The van der Waals surface area contributed by atoms with Gasteiger partial charge < -0.3 is 9.84 Å². The largest absolute Gasteiger partial charge is 0.339 e. The van der Waals surface area contributed by atoms with Gasteiger partial charge in [-0.3, -0.25) is 4.79 Å². The monoisotopic (exact) mass is 325 g/mol. The van der Waals surface area contributed by atoms with Crippen LogP contribution < -0.4 is 5.32 Å². The summed E-state index contributed by atoms with van der Waals surface area (Å²) >= 11 is 0.